The van der Waals surface area contributed by atoms with Crippen molar-refractivity contribution in [3.63, 3.8) is 0 Å². The number of nitrogens with zero attached hydrogens (tertiary/aromatic N) is 2. The van der Waals surface area contributed by atoms with Crippen molar-refractivity contribution in [1.29, 1.82) is 0 Å². The van der Waals surface area contributed by atoms with Crippen LogP contribution in [0.1, 0.15) is 22.3 Å². The molecule has 1 heterocycles. The van der Waals surface area contributed by atoms with Crippen molar-refractivity contribution >= 4 is 66.4 Å². The van der Waals surface area contributed by atoms with Crippen LogP contribution in [0.3, 0.4) is 0 Å². The number of rotatable bonds is 6. The highest BCUT2D eigenvalue weighted by atomic mass is 15.2. The van der Waals surface area contributed by atoms with E-state index in [0.717, 1.165) is 28.3 Å². The van der Waals surface area contributed by atoms with Crippen LogP contribution in [-0.4, -0.2) is 0 Å². The van der Waals surface area contributed by atoms with Gasteiger partial charge in [-0.25, -0.2) is 0 Å². The van der Waals surface area contributed by atoms with E-state index in [4.69, 9.17) is 0 Å². The topological polar surface area (TPSA) is 6.48 Å². The van der Waals surface area contributed by atoms with Crippen LogP contribution in [0.25, 0.3) is 65.7 Å². The Morgan fingerprint density at radius 3 is 1.54 bits per heavy atom. The van der Waals surface area contributed by atoms with Gasteiger partial charge in [0, 0.05) is 22.3 Å². The molecule has 1 aliphatic heterocycles. The molecule has 0 N–H and O–H groups in total. The molecule has 322 valence electrons. The quantitative estimate of drug-likeness (QED) is 0.154. The number of para-hydroxylation sites is 4. The summed E-state index contributed by atoms with van der Waals surface area (Å²) < 4.78 is 0. The van der Waals surface area contributed by atoms with Crippen molar-refractivity contribution in [3.05, 3.63) is 289 Å². The lowest BCUT2D eigenvalue weighted by atomic mass is 9.64. The number of anilines is 6. The fourth-order valence-corrected chi connectivity index (χ4v) is 12.0. The second-order valence-corrected chi connectivity index (χ2v) is 18.3. The summed E-state index contributed by atoms with van der Waals surface area (Å²) in [5.41, 5.74) is 18.6. The summed E-state index contributed by atoms with van der Waals surface area (Å²) in [6.45, 7) is 0. The van der Waals surface area contributed by atoms with Gasteiger partial charge in [-0.15, -0.1) is 0 Å². The van der Waals surface area contributed by atoms with Gasteiger partial charge < -0.3 is 9.80 Å². The van der Waals surface area contributed by atoms with Crippen LogP contribution in [0.5, 0.6) is 0 Å². The van der Waals surface area contributed by atoms with E-state index in [2.05, 4.69) is 277 Å². The van der Waals surface area contributed by atoms with Gasteiger partial charge in [0.05, 0.1) is 28.2 Å². The molecule has 2 nitrogen and oxygen atoms in total. The molecule has 2 heteroatoms. The lowest BCUT2D eigenvalue weighted by Gasteiger charge is -2.45. The summed E-state index contributed by atoms with van der Waals surface area (Å²) in [6, 6.07) is 99.0. The molecular formula is C67H44N2. The Hall–Kier alpha value is -8.98. The molecule has 2 aliphatic rings. The maximum Gasteiger partial charge on any atom is 0.0755 e. The van der Waals surface area contributed by atoms with Crippen LogP contribution in [0.15, 0.2) is 267 Å². The zero-order chi connectivity index (χ0) is 45.5. The molecule has 0 amide bonds. The van der Waals surface area contributed by atoms with E-state index in [0.29, 0.717) is 0 Å². The summed E-state index contributed by atoms with van der Waals surface area (Å²) in [4.78, 5) is 5.01. The summed E-state index contributed by atoms with van der Waals surface area (Å²) >= 11 is 0. The van der Waals surface area contributed by atoms with Crippen LogP contribution in [-0.2, 0) is 5.41 Å². The third-order valence-corrected chi connectivity index (χ3v) is 14.8. The summed E-state index contributed by atoms with van der Waals surface area (Å²) in [5.74, 6) is 0. The average molecular weight is 877 g/mol. The van der Waals surface area contributed by atoms with Crippen molar-refractivity contribution in [2.24, 2.45) is 0 Å². The van der Waals surface area contributed by atoms with Gasteiger partial charge in [-0.3, -0.25) is 0 Å². The van der Waals surface area contributed by atoms with Crippen LogP contribution >= 0.6 is 0 Å². The van der Waals surface area contributed by atoms with Gasteiger partial charge in [-0.1, -0.05) is 218 Å². The maximum absolute atomic E-state index is 2.55. The molecule has 0 atom stereocenters. The van der Waals surface area contributed by atoms with Gasteiger partial charge in [0.15, 0.2) is 0 Å². The van der Waals surface area contributed by atoms with Crippen molar-refractivity contribution < 1.29 is 0 Å². The third kappa shape index (κ3) is 5.79. The fraction of sp³-hybridized carbons (Fsp3) is 0.0149. The Balaban J connectivity index is 1.07. The smallest absolute Gasteiger partial charge is 0.0755 e. The number of hydrogen-bond acceptors (Lipinski definition) is 2. The first-order chi connectivity index (χ1) is 34.3. The fourth-order valence-electron chi connectivity index (χ4n) is 12.0. The highest BCUT2D eigenvalue weighted by Crippen LogP contribution is 2.64. The standard InChI is InChI=1S/C67H44N2/c1-2-24-47(25-3-1)68-64-39-18-15-36-60(64)67(61-37-16-19-40-65(61)68)59-35-14-12-31-55(59)56-42-41-48(44-62(56)67)69(66-43-46-22-5-7-27-50(46)52-28-10-11-33-58(52)66)63-38-17-13-32-57(63)54-30-9-8-29-53(54)51-34-20-23-45-21-4-6-26-49(45)51/h1-44H. The minimum Gasteiger partial charge on any atom is -0.310 e. The molecule has 0 saturated heterocycles. The Morgan fingerprint density at radius 2 is 0.783 bits per heavy atom. The van der Waals surface area contributed by atoms with Crippen molar-refractivity contribution in [3.8, 4) is 33.4 Å². The molecule has 1 spiro atoms. The summed E-state index contributed by atoms with van der Waals surface area (Å²) in [7, 11) is 0. The third-order valence-electron chi connectivity index (χ3n) is 14.8. The van der Waals surface area contributed by atoms with Crippen molar-refractivity contribution in [2.45, 2.75) is 5.41 Å². The second kappa shape index (κ2) is 15.6. The zero-order valence-electron chi connectivity index (χ0n) is 37.8. The first kappa shape index (κ1) is 39.2. The molecule has 12 aromatic carbocycles. The molecule has 0 fully saturated rings. The Morgan fingerprint density at radius 1 is 0.275 bits per heavy atom. The van der Waals surface area contributed by atoms with Crippen molar-refractivity contribution in [1.82, 2.24) is 0 Å². The van der Waals surface area contributed by atoms with E-state index in [1.54, 1.807) is 0 Å². The molecule has 0 saturated carbocycles. The van der Waals surface area contributed by atoms with Crippen LogP contribution < -0.4 is 9.80 Å². The second-order valence-electron chi connectivity index (χ2n) is 18.3. The van der Waals surface area contributed by atoms with E-state index >= 15 is 0 Å². The number of benzene rings is 12. The van der Waals surface area contributed by atoms with Gasteiger partial charge in [0.2, 0.25) is 0 Å². The van der Waals surface area contributed by atoms with Crippen molar-refractivity contribution in [2.75, 3.05) is 9.80 Å². The maximum atomic E-state index is 2.55. The molecule has 1 aliphatic carbocycles. The number of hydrogen-bond donors (Lipinski definition) is 0. The monoisotopic (exact) mass is 876 g/mol. The van der Waals surface area contributed by atoms with E-state index in [9.17, 15) is 0 Å². The van der Waals surface area contributed by atoms with Gasteiger partial charge in [-0.2, -0.15) is 0 Å². The van der Waals surface area contributed by atoms with E-state index < -0.39 is 5.41 Å². The van der Waals surface area contributed by atoms with Crippen LogP contribution in [0.2, 0.25) is 0 Å². The molecule has 0 bridgehead atoms. The first-order valence-electron chi connectivity index (χ1n) is 23.9. The van der Waals surface area contributed by atoms with E-state index in [-0.39, 0.29) is 0 Å². The lowest BCUT2D eigenvalue weighted by molar-refractivity contribution is 0.752. The van der Waals surface area contributed by atoms with Gasteiger partial charge in [0.25, 0.3) is 0 Å². The first-order valence-corrected chi connectivity index (χ1v) is 23.9. The molecule has 69 heavy (non-hydrogen) atoms. The predicted molar refractivity (Wildman–Crippen MR) is 290 cm³/mol. The van der Waals surface area contributed by atoms with Gasteiger partial charge in [-0.05, 0) is 126 Å². The van der Waals surface area contributed by atoms with E-state index in [1.807, 2.05) is 0 Å². The number of fused-ring (bicyclic) bond motifs is 13. The molecule has 14 rings (SSSR count). The summed E-state index contributed by atoms with van der Waals surface area (Å²) in [6.07, 6.45) is 0. The van der Waals surface area contributed by atoms with E-state index in [1.165, 1.54) is 93.8 Å². The average Bonchev–Trinajstić information content (AvgIpc) is 3.71. The minimum absolute atomic E-state index is 0.613. The molecule has 0 aromatic heterocycles. The Bertz CT molecular complexity index is 3940. The highest BCUT2D eigenvalue weighted by molar-refractivity contribution is 6.15. The SMILES string of the molecule is c1ccc(N2c3ccccc3C3(c4ccccc4-c4ccc(N(c5ccccc5-c5ccccc5-c5cccc6ccccc56)c5cc6ccccc6c6ccccc56)cc43)c3ccccc32)cc1. The minimum atomic E-state index is -0.613. The van der Waals surface area contributed by atoms with Crippen LogP contribution in [0, 0.1) is 0 Å². The van der Waals surface area contributed by atoms with Gasteiger partial charge in [0.1, 0.15) is 0 Å². The normalized spacial score (nSPS) is 13.0. The van der Waals surface area contributed by atoms with Gasteiger partial charge >= 0.3 is 0 Å². The Labute approximate surface area is 402 Å². The Kier molecular flexibility index (Phi) is 8.84. The largest absolute Gasteiger partial charge is 0.310 e. The molecule has 0 radical (unpaired) electrons. The highest BCUT2D eigenvalue weighted by Gasteiger charge is 2.52. The molecule has 12 aromatic rings. The lowest BCUT2D eigenvalue weighted by Crippen LogP contribution is -2.36. The molecule has 0 unspecified atom stereocenters. The molecular weight excluding hydrogens is 833 g/mol. The predicted octanol–water partition coefficient (Wildman–Crippen LogP) is 18.1. The zero-order valence-corrected chi connectivity index (χ0v) is 37.8. The van der Waals surface area contributed by atoms with Crippen LogP contribution in [0.4, 0.5) is 34.1 Å². The summed E-state index contributed by atoms with van der Waals surface area (Å²) in [5, 5.41) is 7.33.